The Balaban J connectivity index is 1.79. The summed E-state index contributed by atoms with van der Waals surface area (Å²) in [6.07, 6.45) is 4.77. The van der Waals surface area contributed by atoms with Gasteiger partial charge < -0.3 is 15.1 Å². The second-order valence-electron chi connectivity index (χ2n) is 6.59. The summed E-state index contributed by atoms with van der Waals surface area (Å²) in [5, 5.41) is 2.76. The van der Waals surface area contributed by atoms with E-state index in [2.05, 4.69) is 5.32 Å². The Kier molecular flexibility index (Phi) is 7.22. The highest BCUT2D eigenvalue weighted by Gasteiger charge is 2.20. The van der Waals surface area contributed by atoms with E-state index in [1.54, 1.807) is 32.2 Å². The van der Waals surface area contributed by atoms with E-state index in [4.69, 9.17) is 0 Å². The Bertz CT molecular complexity index is 586. The first-order valence-electron chi connectivity index (χ1n) is 9.03. The average Bonchev–Trinajstić information content (AvgIpc) is 2.90. The second kappa shape index (κ2) is 9.39. The van der Waals surface area contributed by atoms with Crippen LogP contribution in [0.25, 0.3) is 0 Å². The van der Waals surface area contributed by atoms with Crippen LogP contribution in [-0.2, 0) is 4.79 Å². The Morgan fingerprint density at radius 2 is 1.84 bits per heavy atom. The normalized spacial score (nSPS) is 16.0. The van der Waals surface area contributed by atoms with Crippen LogP contribution in [0.5, 0.6) is 0 Å². The molecule has 1 N–H and O–H groups in total. The van der Waals surface area contributed by atoms with E-state index in [0.29, 0.717) is 18.5 Å². The Labute approximate surface area is 149 Å². The van der Waals surface area contributed by atoms with Gasteiger partial charge >= 0.3 is 6.03 Å². The highest BCUT2D eigenvalue weighted by atomic mass is 19.1. The van der Waals surface area contributed by atoms with Gasteiger partial charge in [0.05, 0.1) is 6.04 Å². The summed E-state index contributed by atoms with van der Waals surface area (Å²) in [5.74, 6) is -0.238. The van der Waals surface area contributed by atoms with E-state index in [1.807, 2.05) is 4.90 Å². The van der Waals surface area contributed by atoms with Crippen LogP contribution in [0.15, 0.2) is 24.3 Å². The molecule has 5 nitrogen and oxygen atoms in total. The van der Waals surface area contributed by atoms with Crippen LogP contribution < -0.4 is 5.32 Å². The first-order chi connectivity index (χ1) is 12.0. The maximum atomic E-state index is 13.9. The summed E-state index contributed by atoms with van der Waals surface area (Å²) in [7, 11) is 1.63. The minimum Gasteiger partial charge on any atom is -0.343 e. The standard InChI is InChI=1S/C19H28FN3O2/c1-15(16-9-5-6-10-17(16)20)22(2)19(25)21-12-11-18(24)23-13-7-3-4-8-14-23/h5-6,9-10,15H,3-4,7-8,11-14H2,1-2H3,(H,21,25)/t15-/m0/s1. The topological polar surface area (TPSA) is 52.7 Å². The van der Waals surface area contributed by atoms with Gasteiger partial charge in [0.1, 0.15) is 5.82 Å². The number of urea groups is 1. The molecule has 0 bridgehead atoms. The van der Waals surface area contributed by atoms with Gasteiger partial charge in [0.2, 0.25) is 5.91 Å². The minimum absolute atomic E-state index is 0.0898. The fourth-order valence-corrected chi connectivity index (χ4v) is 3.08. The molecule has 6 heteroatoms. The molecule has 1 aromatic rings. The molecule has 0 saturated carbocycles. The maximum Gasteiger partial charge on any atom is 0.317 e. The van der Waals surface area contributed by atoms with Crippen LogP contribution in [0.4, 0.5) is 9.18 Å². The van der Waals surface area contributed by atoms with Crippen molar-refractivity contribution in [3.05, 3.63) is 35.6 Å². The van der Waals surface area contributed by atoms with E-state index < -0.39 is 0 Å². The molecular weight excluding hydrogens is 321 g/mol. The molecule has 25 heavy (non-hydrogen) atoms. The van der Waals surface area contributed by atoms with Crippen molar-refractivity contribution in [2.45, 2.75) is 45.1 Å². The molecule has 1 fully saturated rings. The fraction of sp³-hybridized carbons (Fsp3) is 0.579. The van der Waals surface area contributed by atoms with Gasteiger partial charge in [-0.1, -0.05) is 31.0 Å². The number of carbonyl (C=O) groups is 2. The summed E-state index contributed by atoms with van der Waals surface area (Å²) in [5.41, 5.74) is 0.473. The van der Waals surface area contributed by atoms with Crippen molar-refractivity contribution in [1.82, 2.24) is 15.1 Å². The zero-order valence-corrected chi connectivity index (χ0v) is 15.1. The molecule has 1 aromatic carbocycles. The third-order valence-electron chi connectivity index (χ3n) is 4.83. The molecule has 3 amide bonds. The molecule has 1 atom stereocenters. The highest BCUT2D eigenvalue weighted by Crippen LogP contribution is 2.21. The van der Waals surface area contributed by atoms with Gasteiger partial charge in [0, 0.05) is 38.7 Å². The van der Waals surface area contributed by atoms with Crippen LogP contribution in [0.2, 0.25) is 0 Å². The van der Waals surface area contributed by atoms with Crippen molar-refractivity contribution < 1.29 is 14.0 Å². The van der Waals surface area contributed by atoms with E-state index >= 15 is 0 Å². The third kappa shape index (κ3) is 5.44. The number of halogens is 1. The van der Waals surface area contributed by atoms with E-state index in [0.717, 1.165) is 25.9 Å². The lowest BCUT2D eigenvalue weighted by Gasteiger charge is -2.26. The summed E-state index contributed by atoms with van der Waals surface area (Å²) >= 11 is 0. The molecule has 0 radical (unpaired) electrons. The summed E-state index contributed by atoms with van der Waals surface area (Å²) in [6.45, 7) is 3.71. The minimum atomic E-state index is -0.387. The van der Waals surface area contributed by atoms with Crippen molar-refractivity contribution in [3.63, 3.8) is 0 Å². The number of rotatable bonds is 5. The van der Waals surface area contributed by atoms with Gasteiger partial charge in [-0.15, -0.1) is 0 Å². The molecule has 0 aliphatic carbocycles. The van der Waals surface area contributed by atoms with Crippen LogP contribution in [0.1, 0.15) is 50.6 Å². The lowest BCUT2D eigenvalue weighted by atomic mass is 10.1. The fourth-order valence-electron chi connectivity index (χ4n) is 3.08. The monoisotopic (exact) mass is 349 g/mol. The molecule has 1 heterocycles. The molecule has 138 valence electrons. The van der Waals surface area contributed by atoms with Crippen LogP contribution in [0.3, 0.4) is 0 Å². The number of hydrogen-bond donors (Lipinski definition) is 1. The number of nitrogens with one attached hydrogen (secondary N) is 1. The van der Waals surface area contributed by atoms with Crippen molar-refractivity contribution in [1.29, 1.82) is 0 Å². The van der Waals surface area contributed by atoms with Crippen LogP contribution in [-0.4, -0.2) is 48.4 Å². The molecule has 0 unspecified atom stereocenters. The number of carbonyl (C=O) groups excluding carboxylic acids is 2. The van der Waals surface area contributed by atoms with Gasteiger partial charge in [0.15, 0.2) is 0 Å². The Morgan fingerprint density at radius 1 is 1.20 bits per heavy atom. The van der Waals surface area contributed by atoms with Gasteiger partial charge in [-0.05, 0) is 25.8 Å². The number of benzene rings is 1. The average molecular weight is 349 g/mol. The van der Waals surface area contributed by atoms with Gasteiger partial charge in [-0.25, -0.2) is 9.18 Å². The summed E-state index contributed by atoms with van der Waals surface area (Å²) in [6, 6.07) is 5.74. The smallest absolute Gasteiger partial charge is 0.317 e. The number of nitrogens with zero attached hydrogens (tertiary/aromatic N) is 2. The SMILES string of the molecule is C[C@@H](c1ccccc1F)N(C)C(=O)NCCC(=O)N1CCCCCC1. The molecule has 1 aliphatic heterocycles. The predicted octanol–water partition coefficient (Wildman–Crippen LogP) is 3.32. The van der Waals surface area contributed by atoms with Gasteiger partial charge in [-0.2, -0.15) is 0 Å². The second-order valence-corrected chi connectivity index (χ2v) is 6.59. The summed E-state index contributed by atoms with van der Waals surface area (Å²) < 4.78 is 13.9. The molecule has 0 spiro atoms. The zero-order valence-electron chi connectivity index (χ0n) is 15.1. The molecule has 2 rings (SSSR count). The Hall–Kier alpha value is -2.11. The largest absolute Gasteiger partial charge is 0.343 e. The van der Waals surface area contributed by atoms with Gasteiger partial charge in [0.25, 0.3) is 0 Å². The van der Waals surface area contributed by atoms with Crippen molar-refractivity contribution in [2.75, 3.05) is 26.7 Å². The summed E-state index contributed by atoms with van der Waals surface area (Å²) in [4.78, 5) is 27.8. The van der Waals surface area contributed by atoms with Crippen molar-refractivity contribution in [3.8, 4) is 0 Å². The first kappa shape index (κ1) is 19.2. The van der Waals surface area contributed by atoms with Crippen LogP contribution >= 0.6 is 0 Å². The van der Waals surface area contributed by atoms with E-state index in [1.165, 1.54) is 23.8 Å². The molecule has 1 aliphatic rings. The molecule has 1 saturated heterocycles. The lowest BCUT2D eigenvalue weighted by molar-refractivity contribution is -0.131. The van der Waals surface area contributed by atoms with E-state index in [-0.39, 0.29) is 23.8 Å². The molecular formula is C19H28FN3O2. The first-order valence-corrected chi connectivity index (χ1v) is 9.03. The molecule has 0 aromatic heterocycles. The zero-order chi connectivity index (χ0) is 18.2. The number of amides is 3. The number of hydrogen-bond acceptors (Lipinski definition) is 2. The van der Waals surface area contributed by atoms with E-state index in [9.17, 15) is 14.0 Å². The van der Waals surface area contributed by atoms with Crippen LogP contribution in [0, 0.1) is 5.82 Å². The quantitative estimate of drug-likeness (QED) is 0.886. The van der Waals surface area contributed by atoms with Gasteiger partial charge in [-0.3, -0.25) is 4.79 Å². The number of likely N-dealkylation sites (tertiary alicyclic amines) is 1. The lowest BCUT2D eigenvalue weighted by Crippen LogP contribution is -2.41. The highest BCUT2D eigenvalue weighted by molar-refractivity contribution is 5.78. The van der Waals surface area contributed by atoms with Crippen molar-refractivity contribution in [2.24, 2.45) is 0 Å². The third-order valence-corrected chi connectivity index (χ3v) is 4.83. The maximum absolute atomic E-state index is 13.9. The van der Waals surface area contributed by atoms with Crippen molar-refractivity contribution >= 4 is 11.9 Å². The Morgan fingerprint density at radius 3 is 2.48 bits per heavy atom. The predicted molar refractivity (Wildman–Crippen MR) is 95.6 cm³/mol.